The van der Waals surface area contributed by atoms with E-state index in [1.165, 1.54) is 12.1 Å². The molecule has 8 nitrogen and oxygen atoms in total. The standard InChI is InChI=1S/C19H31N5O3/c1-4-9-20-18(21-14-16-5-7-17(8-6-16)24(25)26)22-15-19(2,3)23-10-12-27-13-11-23/h5-8H,4,9-15H2,1-3H3,(H2,20,21,22). The van der Waals surface area contributed by atoms with E-state index in [0.717, 1.165) is 57.3 Å². The lowest BCUT2D eigenvalue weighted by atomic mass is 10.0. The largest absolute Gasteiger partial charge is 0.379 e. The van der Waals surface area contributed by atoms with Gasteiger partial charge in [0.2, 0.25) is 0 Å². The minimum absolute atomic E-state index is 0.00813. The van der Waals surface area contributed by atoms with Gasteiger partial charge in [-0.3, -0.25) is 15.0 Å². The second-order valence-corrected chi connectivity index (χ2v) is 7.28. The molecule has 1 saturated heterocycles. The third-order valence-corrected chi connectivity index (χ3v) is 4.66. The van der Waals surface area contributed by atoms with Crippen molar-refractivity contribution in [2.24, 2.45) is 4.99 Å². The maximum absolute atomic E-state index is 10.8. The quantitative estimate of drug-likeness (QED) is 0.312. The summed E-state index contributed by atoms with van der Waals surface area (Å²) in [6, 6.07) is 6.52. The van der Waals surface area contributed by atoms with E-state index < -0.39 is 4.92 Å². The number of benzene rings is 1. The van der Waals surface area contributed by atoms with Crippen molar-refractivity contribution in [3.8, 4) is 0 Å². The number of rotatable bonds is 8. The van der Waals surface area contributed by atoms with Crippen LogP contribution in [-0.2, 0) is 11.3 Å². The van der Waals surface area contributed by atoms with Crippen molar-refractivity contribution in [2.75, 3.05) is 39.4 Å². The summed E-state index contributed by atoms with van der Waals surface area (Å²) in [5.41, 5.74) is 1.02. The van der Waals surface area contributed by atoms with Crippen molar-refractivity contribution in [3.05, 3.63) is 39.9 Å². The molecule has 0 saturated carbocycles. The second kappa shape index (κ2) is 10.2. The number of nitrogens with one attached hydrogen (secondary N) is 2. The molecule has 0 bridgehead atoms. The van der Waals surface area contributed by atoms with E-state index in [1.807, 2.05) is 0 Å². The maximum Gasteiger partial charge on any atom is 0.269 e. The molecule has 8 heteroatoms. The number of aliphatic imine (C=N–C) groups is 1. The molecule has 0 aromatic heterocycles. The Kier molecular flexibility index (Phi) is 7.99. The molecule has 0 radical (unpaired) electrons. The van der Waals surface area contributed by atoms with Crippen LogP contribution in [0.4, 0.5) is 5.69 Å². The van der Waals surface area contributed by atoms with Gasteiger partial charge < -0.3 is 15.4 Å². The first-order chi connectivity index (χ1) is 12.9. The highest BCUT2D eigenvalue weighted by Gasteiger charge is 2.28. The third kappa shape index (κ3) is 6.80. The van der Waals surface area contributed by atoms with Gasteiger partial charge in [0, 0.05) is 43.9 Å². The van der Waals surface area contributed by atoms with Gasteiger partial charge in [-0.05, 0) is 25.8 Å². The van der Waals surface area contributed by atoms with Crippen LogP contribution in [0.5, 0.6) is 0 Å². The molecule has 150 valence electrons. The average Bonchev–Trinajstić information content (AvgIpc) is 2.68. The Bertz CT molecular complexity index is 625. The minimum Gasteiger partial charge on any atom is -0.379 e. The number of morpholine rings is 1. The lowest BCUT2D eigenvalue weighted by Gasteiger charge is -2.41. The van der Waals surface area contributed by atoms with Crippen molar-refractivity contribution in [1.29, 1.82) is 0 Å². The number of hydrogen-bond acceptors (Lipinski definition) is 5. The molecule has 1 aromatic carbocycles. The highest BCUT2D eigenvalue weighted by atomic mass is 16.6. The SMILES string of the molecule is CCCNC(=NCc1ccc([N+](=O)[O-])cc1)NCC(C)(C)N1CCOCC1. The minimum atomic E-state index is -0.392. The van der Waals surface area contributed by atoms with Crippen LogP contribution < -0.4 is 10.6 Å². The highest BCUT2D eigenvalue weighted by molar-refractivity contribution is 5.79. The summed E-state index contributed by atoms with van der Waals surface area (Å²) in [5.74, 6) is 0.761. The summed E-state index contributed by atoms with van der Waals surface area (Å²) in [6.45, 7) is 12.1. The number of guanidine groups is 1. The smallest absolute Gasteiger partial charge is 0.269 e. The predicted molar refractivity (Wildman–Crippen MR) is 107 cm³/mol. The summed E-state index contributed by atoms with van der Waals surface area (Å²) in [6.07, 6.45) is 1.01. The van der Waals surface area contributed by atoms with Crippen LogP contribution in [0, 0.1) is 10.1 Å². The fraction of sp³-hybridized carbons (Fsp3) is 0.632. The van der Waals surface area contributed by atoms with E-state index in [2.05, 4.69) is 41.3 Å². The van der Waals surface area contributed by atoms with Crippen molar-refractivity contribution >= 4 is 11.6 Å². The van der Waals surface area contributed by atoms with Crippen LogP contribution in [-0.4, -0.2) is 60.7 Å². The summed E-state index contributed by atoms with van der Waals surface area (Å²) < 4.78 is 5.44. The summed E-state index contributed by atoms with van der Waals surface area (Å²) in [5, 5.41) is 17.5. The molecule has 2 N–H and O–H groups in total. The number of hydrogen-bond donors (Lipinski definition) is 2. The van der Waals surface area contributed by atoms with Gasteiger partial charge >= 0.3 is 0 Å². The Morgan fingerprint density at radius 3 is 2.52 bits per heavy atom. The lowest BCUT2D eigenvalue weighted by Crippen LogP contribution is -2.56. The van der Waals surface area contributed by atoms with Crippen molar-refractivity contribution in [3.63, 3.8) is 0 Å². The van der Waals surface area contributed by atoms with E-state index in [9.17, 15) is 10.1 Å². The molecular weight excluding hydrogens is 346 g/mol. The maximum atomic E-state index is 10.8. The van der Waals surface area contributed by atoms with Crippen LogP contribution >= 0.6 is 0 Å². The van der Waals surface area contributed by atoms with Gasteiger partial charge in [0.25, 0.3) is 5.69 Å². The van der Waals surface area contributed by atoms with Crippen LogP contribution in [0.15, 0.2) is 29.3 Å². The van der Waals surface area contributed by atoms with E-state index in [1.54, 1.807) is 12.1 Å². The Hall–Kier alpha value is -2.19. The predicted octanol–water partition coefficient (Wildman–Crippen LogP) is 2.15. The third-order valence-electron chi connectivity index (χ3n) is 4.66. The first-order valence-electron chi connectivity index (χ1n) is 9.50. The van der Waals surface area contributed by atoms with Crippen molar-refractivity contribution in [1.82, 2.24) is 15.5 Å². The fourth-order valence-electron chi connectivity index (χ4n) is 2.89. The van der Waals surface area contributed by atoms with Crippen molar-refractivity contribution < 1.29 is 9.66 Å². The number of nitro groups is 1. The second-order valence-electron chi connectivity index (χ2n) is 7.28. The first-order valence-corrected chi connectivity index (χ1v) is 9.50. The zero-order valence-corrected chi connectivity index (χ0v) is 16.5. The number of non-ortho nitro benzene ring substituents is 1. The van der Waals surface area contributed by atoms with Gasteiger partial charge in [0.1, 0.15) is 0 Å². The van der Waals surface area contributed by atoms with Gasteiger partial charge in [-0.1, -0.05) is 19.1 Å². The summed E-state index contributed by atoms with van der Waals surface area (Å²) in [7, 11) is 0. The average molecular weight is 377 g/mol. The molecule has 1 heterocycles. The molecule has 0 atom stereocenters. The lowest BCUT2D eigenvalue weighted by molar-refractivity contribution is -0.384. The number of nitro benzene ring substituents is 1. The zero-order chi connectivity index (χ0) is 19.7. The molecule has 1 fully saturated rings. The number of ether oxygens (including phenoxy) is 1. The van der Waals surface area contributed by atoms with Gasteiger partial charge in [0.15, 0.2) is 5.96 Å². The molecular formula is C19H31N5O3. The molecule has 2 rings (SSSR count). The van der Waals surface area contributed by atoms with E-state index in [-0.39, 0.29) is 11.2 Å². The van der Waals surface area contributed by atoms with Gasteiger partial charge in [-0.15, -0.1) is 0 Å². The fourth-order valence-corrected chi connectivity index (χ4v) is 2.89. The van der Waals surface area contributed by atoms with Gasteiger partial charge in [-0.2, -0.15) is 0 Å². The van der Waals surface area contributed by atoms with Gasteiger partial charge in [-0.25, -0.2) is 4.99 Å². The van der Waals surface area contributed by atoms with Gasteiger partial charge in [0.05, 0.1) is 24.7 Å². The Morgan fingerprint density at radius 1 is 1.26 bits per heavy atom. The van der Waals surface area contributed by atoms with Crippen LogP contribution in [0.2, 0.25) is 0 Å². The molecule has 0 aliphatic carbocycles. The van der Waals surface area contributed by atoms with E-state index >= 15 is 0 Å². The molecule has 1 aliphatic heterocycles. The highest BCUT2D eigenvalue weighted by Crippen LogP contribution is 2.15. The first kappa shape index (κ1) is 21.1. The normalized spacial score (nSPS) is 16.2. The summed E-state index contributed by atoms with van der Waals surface area (Å²) in [4.78, 5) is 17.4. The number of nitrogens with zero attached hydrogens (tertiary/aromatic N) is 3. The van der Waals surface area contributed by atoms with E-state index in [4.69, 9.17) is 4.74 Å². The monoisotopic (exact) mass is 377 g/mol. The Labute approximate surface area is 161 Å². The molecule has 27 heavy (non-hydrogen) atoms. The summed E-state index contributed by atoms with van der Waals surface area (Å²) >= 11 is 0. The molecule has 0 spiro atoms. The molecule has 0 amide bonds. The van der Waals surface area contributed by atoms with E-state index in [0.29, 0.717) is 6.54 Å². The Morgan fingerprint density at radius 2 is 1.93 bits per heavy atom. The molecule has 0 unspecified atom stereocenters. The molecule has 1 aliphatic rings. The zero-order valence-electron chi connectivity index (χ0n) is 16.5. The Balaban J connectivity index is 1.96. The van der Waals surface area contributed by atoms with Crippen LogP contribution in [0.25, 0.3) is 0 Å². The molecule has 1 aromatic rings. The van der Waals surface area contributed by atoms with Crippen molar-refractivity contribution in [2.45, 2.75) is 39.3 Å². The van der Waals surface area contributed by atoms with Crippen LogP contribution in [0.3, 0.4) is 0 Å². The van der Waals surface area contributed by atoms with Crippen LogP contribution in [0.1, 0.15) is 32.8 Å². The topological polar surface area (TPSA) is 92.0 Å².